The fourth-order valence-electron chi connectivity index (χ4n) is 2.08. The van der Waals surface area contributed by atoms with Crippen molar-refractivity contribution in [1.29, 1.82) is 0 Å². The van der Waals surface area contributed by atoms with Crippen LogP contribution in [0.2, 0.25) is 0 Å². The molecule has 3 rings (SSSR count). The molecule has 10 heteroatoms. The number of fused-ring (bicyclic) bond motifs is 1. The molecule has 0 radical (unpaired) electrons. The van der Waals surface area contributed by atoms with Gasteiger partial charge in [0.1, 0.15) is 5.82 Å². The zero-order valence-electron chi connectivity index (χ0n) is 12.4. The van der Waals surface area contributed by atoms with E-state index in [9.17, 15) is 18.3 Å². The zero-order valence-corrected chi connectivity index (χ0v) is 12.4. The molecule has 3 aromatic rings. The van der Waals surface area contributed by atoms with Crippen LogP contribution in [0.3, 0.4) is 0 Å². The minimum atomic E-state index is -4.64. The standard InChI is InChI=1S/C14H12F3N5O2/c1-24-10-6-8(2-3-9(10)23)7-18-11-4-5-12-19-20-13(14(15,16)17)22(12)21-11/h2-6,23H,7H2,1H3,(H,18,21). The van der Waals surface area contributed by atoms with Crippen LogP contribution in [-0.2, 0) is 12.7 Å². The third-order valence-corrected chi connectivity index (χ3v) is 3.23. The molecule has 0 saturated heterocycles. The molecule has 0 bridgehead atoms. The summed E-state index contributed by atoms with van der Waals surface area (Å²) in [5, 5.41) is 22.8. The van der Waals surface area contributed by atoms with Gasteiger partial charge in [-0.3, -0.25) is 0 Å². The highest BCUT2D eigenvalue weighted by molar-refractivity contribution is 5.46. The number of nitrogens with zero attached hydrogens (tertiary/aromatic N) is 4. The van der Waals surface area contributed by atoms with Gasteiger partial charge < -0.3 is 15.2 Å². The lowest BCUT2D eigenvalue weighted by atomic mass is 10.2. The second kappa shape index (κ2) is 5.87. The Bertz CT molecular complexity index is 878. The van der Waals surface area contributed by atoms with Crippen molar-refractivity contribution in [2.75, 3.05) is 12.4 Å². The number of aromatic hydroxyl groups is 1. The molecule has 1 aromatic carbocycles. The highest BCUT2D eigenvalue weighted by atomic mass is 19.4. The number of hydrogen-bond acceptors (Lipinski definition) is 6. The summed E-state index contributed by atoms with van der Waals surface area (Å²) in [5.74, 6) is -0.664. The van der Waals surface area contributed by atoms with Gasteiger partial charge in [0, 0.05) is 6.54 Å². The first-order chi connectivity index (χ1) is 11.4. The van der Waals surface area contributed by atoms with E-state index < -0.39 is 12.0 Å². The highest BCUT2D eigenvalue weighted by Crippen LogP contribution is 2.28. The van der Waals surface area contributed by atoms with Gasteiger partial charge in [0.05, 0.1) is 7.11 Å². The Hall–Kier alpha value is -3.04. The van der Waals surface area contributed by atoms with Gasteiger partial charge in [-0.25, -0.2) is 0 Å². The van der Waals surface area contributed by atoms with Gasteiger partial charge in [0.2, 0.25) is 0 Å². The molecule has 2 aromatic heterocycles. The number of methoxy groups -OCH3 is 1. The minimum absolute atomic E-state index is 0.0000958. The van der Waals surface area contributed by atoms with Gasteiger partial charge >= 0.3 is 6.18 Å². The average molecular weight is 339 g/mol. The number of nitrogens with one attached hydrogen (secondary N) is 1. The predicted molar refractivity (Wildman–Crippen MR) is 77.8 cm³/mol. The summed E-state index contributed by atoms with van der Waals surface area (Å²) in [6.07, 6.45) is -4.64. The lowest BCUT2D eigenvalue weighted by Crippen LogP contribution is -2.13. The summed E-state index contributed by atoms with van der Waals surface area (Å²) >= 11 is 0. The number of aromatic nitrogens is 4. The van der Waals surface area contributed by atoms with Crippen molar-refractivity contribution in [2.45, 2.75) is 12.7 Å². The van der Waals surface area contributed by atoms with Crippen molar-refractivity contribution in [3.8, 4) is 11.5 Å². The van der Waals surface area contributed by atoms with Crippen molar-refractivity contribution in [3.05, 3.63) is 41.7 Å². The lowest BCUT2D eigenvalue weighted by Gasteiger charge is -2.09. The second-order valence-electron chi connectivity index (χ2n) is 4.87. The van der Waals surface area contributed by atoms with E-state index in [2.05, 4.69) is 20.6 Å². The highest BCUT2D eigenvalue weighted by Gasteiger charge is 2.37. The number of phenolic OH excluding ortho intramolecular Hbond substituents is 1. The van der Waals surface area contributed by atoms with E-state index >= 15 is 0 Å². The maximum atomic E-state index is 12.8. The van der Waals surface area contributed by atoms with Crippen molar-refractivity contribution < 1.29 is 23.0 Å². The first kappa shape index (κ1) is 15.8. The SMILES string of the molecule is COc1cc(CNc2ccc3nnc(C(F)(F)F)n3n2)ccc1O. The fourth-order valence-corrected chi connectivity index (χ4v) is 2.08. The third-order valence-electron chi connectivity index (χ3n) is 3.23. The summed E-state index contributed by atoms with van der Waals surface area (Å²) in [4.78, 5) is 0. The van der Waals surface area contributed by atoms with Crippen LogP contribution >= 0.6 is 0 Å². The van der Waals surface area contributed by atoms with Crippen LogP contribution in [0.1, 0.15) is 11.4 Å². The summed E-state index contributed by atoms with van der Waals surface area (Å²) in [6, 6.07) is 7.62. The van der Waals surface area contributed by atoms with Crippen LogP contribution in [0, 0.1) is 0 Å². The number of ether oxygens (including phenoxy) is 1. The smallest absolute Gasteiger partial charge is 0.453 e. The number of alkyl halides is 3. The monoisotopic (exact) mass is 339 g/mol. The number of benzene rings is 1. The topological polar surface area (TPSA) is 84.6 Å². The van der Waals surface area contributed by atoms with Crippen LogP contribution in [0.5, 0.6) is 11.5 Å². The van der Waals surface area contributed by atoms with Crippen LogP contribution < -0.4 is 10.1 Å². The molecule has 0 atom stereocenters. The molecule has 2 heterocycles. The van der Waals surface area contributed by atoms with Gasteiger partial charge in [0.15, 0.2) is 17.1 Å². The first-order valence-corrected chi connectivity index (χ1v) is 6.78. The molecule has 126 valence electrons. The number of hydrogen-bond donors (Lipinski definition) is 2. The van der Waals surface area contributed by atoms with Crippen LogP contribution in [0.25, 0.3) is 5.65 Å². The van der Waals surface area contributed by atoms with Crippen LogP contribution in [0.15, 0.2) is 30.3 Å². The fraction of sp³-hybridized carbons (Fsp3) is 0.214. The van der Waals surface area contributed by atoms with Gasteiger partial charge in [-0.2, -0.15) is 17.7 Å². The normalized spacial score (nSPS) is 11.7. The minimum Gasteiger partial charge on any atom is -0.504 e. The molecule has 7 nitrogen and oxygen atoms in total. The van der Waals surface area contributed by atoms with Gasteiger partial charge in [-0.15, -0.1) is 15.3 Å². The Labute approximate surface area is 133 Å². The Morgan fingerprint density at radius 3 is 2.71 bits per heavy atom. The number of phenols is 1. The quantitative estimate of drug-likeness (QED) is 0.760. The molecule has 0 aliphatic carbocycles. The van der Waals surface area contributed by atoms with Gasteiger partial charge in [-0.1, -0.05) is 6.07 Å². The predicted octanol–water partition coefficient (Wildman–Crippen LogP) is 2.47. The summed E-state index contributed by atoms with van der Waals surface area (Å²) in [7, 11) is 1.42. The molecule has 0 spiro atoms. The molecule has 0 aliphatic rings. The molecule has 0 aliphatic heterocycles. The van der Waals surface area contributed by atoms with E-state index in [0.29, 0.717) is 10.3 Å². The average Bonchev–Trinajstić information content (AvgIpc) is 2.97. The Morgan fingerprint density at radius 1 is 1.21 bits per heavy atom. The van der Waals surface area contributed by atoms with E-state index in [4.69, 9.17) is 4.74 Å². The molecule has 24 heavy (non-hydrogen) atoms. The van der Waals surface area contributed by atoms with Crippen LogP contribution in [0.4, 0.5) is 19.0 Å². The van der Waals surface area contributed by atoms with Crippen molar-refractivity contribution in [3.63, 3.8) is 0 Å². The number of rotatable bonds is 4. The third kappa shape index (κ3) is 3.03. The zero-order chi connectivity index (χ0) is 17.3. The van der Waals surface area contributed by atoms with E-state index in [-0.39, 0.29) is 23.8 Å². The molecular formula is C14H12F3N5O2. The van der Waals surface area contributed by atoms with Gasteiger partial charge in [0.25, 0.3) is 5.82 Å². The van der Waals surface area contributed by atoms with Crippen molar-refractivity contribution in [1.82, 2.24) is 19.8 Å². The van der Waals surface area contributed by atoms with Crippen molar-refractivity contribution in [2.24, 2.45) is 0 Å². The molecule has 0 unspecified atom stereocenters. The van der Waals surface area contributed by atoms with E-state index in [0.717, 1.165) is 5.56 Å². The maximum absolute atomic E-state index is 12.8. The number of anilines is 1. The summed E-state index contributed by atoms with van der Waals surface area (Å²) < 4.78 is 44.1. The van der Waals surface area contributed by atoms with E-state index in [1.807, 2.05) is 0 Å². The lowest BCUT2D eigenvalue weighted by molar-refractivity contribution is -0.146. The molecule has 0 amide bonds. The van der Waals surface area contributed by atoms with Gasteiger partial charge in [-0.05, 0) is 29.8 Å². The Kier molecular flexibility index (Phi) is 3.87. The second-order valence-corrected chi connectivity index (χ2v) is 4.87. The Morgan fingerprint density at radius 2 is 2.00 bits per heavy atom. The molecular weight excluding hydrogens is 327 g/mol. The summed E-state index contributed by atoms with van der Waals surface area (Å²) in [5.41, 5.74) is 0.755. The molecule has 0 fully saturated rings. The largest absolute Gasteiger partial charge is 0.504 e. The van der Waals surface area contributed by atoms with Crippen molar-refractivity contribution >= 4 is 11.5 Å². The van der Waals surface area contributed by atoms with E-state index in [1.54, 1.807) is 12.1 Å². The van der Waals surface area contributed by atoms with Crippen LogP contribution in [-0.4, -0.2) is 32.0 Å². The summed E-state index contributed by atoms with van der Waals surface area (Å²) in [6.45, 7) is 0.276. The first-order valence-electron chi connectivity index (χ1n) is 6.78. The number of halogens is 3. The Balaban J connectivity index is 1.83. The molecule has 0 saturated carbocycles. The molecule has 2 N–H and O–H groups in total. The maximum Gasteiger partial charge on any atom is 0.453 e. The van der Waals surface area contributed by atoms with E-state index in [1.165, 1.54) is 25.3 Å².